The molecule has 0 saturated carbocycles. The Morgan fingerprint density at radius 2 is 1.59 bits per heavy atom. The van der Waals surface area contributed by atoms with Crippen molar-refractivity contribution in [3.63, 3.8) is 0 Å². The molecule has 3 heteroatoms. The highest BCUT2D eigenvalue weighted by atomic mass is 16.2. The van der Waals surface area contributed by atoms with Gasteiger partial charge in [0.2, 0.25) is 0 Å². The number of nitrogens with one attached hydrogen (secondary N) is 1. The lowest BCUT2D eigenvalue weighted by molar-refractivity contribution is -0.134. The van der Waals surface area contributed by atoms with E-state index in [4.69, 9.17) is 0 Å². The van der Waals surface area contributed by atoms with Crippen LogP contribution in [0.15, 0.2) is 48.0 Å². The molecule has 3 rings (SSSR count). The molecule has 0 atom stereocenters. The van der Waals surface area contributed by atoms with E-state index >= 15 is 0 Å². The van der Waals surface area contributed by atoms with Gasteiger partial charge in [-0.25, -0.2) is 0 Å². The molecule has 0 bridgehead atoms. The maximum atomic E-state index is 11.2. The van der Waals surface area contributed by atoms with Gasteiger partial charge in [0, 0.05) is 0 Å². The van der Waals surface area contributed by atoms with Gasteiger partial charge in [-0.2, -0.15) is 0 Å². The summed E-state index contributed by atoms with van der Waals surface area (Å²) in [6.07, 6.45) is 1.64. The summed E-state index contributed by atoms with van der Waals surface area (Å²) >= 11 is 0. The minimum Gasteiger partial charge on any atom is -0.288 e. The fourth-order valence-electron chi connectivity index (χ4n) is 1.94. The molecular weight excluding hydrogens is 214 g/mol. The van der Waals surface area contributed by atoms with Gasteiger partial charge >= 0.3 is 0 Å². The molecule has 1 aliphatic heterocycles. The molecule has 1 aliphatic rings. The molecule has 0 aliphatic carbocycles. The van der Waals surface area contributed by atoms with Crippen molar-refractivity contribution in [2.24, 2.45) is 0 Å². The molecule has 2 aromatic carbocycles. The van der Waals surface area contributed by atoms with Gasteiger partial charge in [0.15, 0.2) is 0 Å². The van der Waals surface area contributed by atoms with Gasteiger partial charge in [-0.05, 0) is 22.4 Å². The normalized spacial score (nSPS) is 14.5. The highest BCUT2D eigenvalue weighted by molar-refractivity contribution is 6.36. The predicted molar refractivity (Wildman–Crippen MR) is 65.1 cm³/mol. The number of carbonyl (C=O) groups excluding carboxylic acids is 2. The zero-order valence-corrected chi connectivity index (χ0v) is 8.94. The van der Waals surface area contributed by atoms with E-state index in [1.54, 1.807) is 6.08 Å². The third-order valence-electron chi connectivity index (χ3n) is 2.84. The predicted octanol–water partition coefficient (Wildman–Crippen LogP) is 1.88. The first-order valence-corrected chi connectivity index (χ1v) is 5.31. The number of amides is 2. The smallest absolute Gasteiger partial charge is 0.263 e. The van der Waals surface area contributed by atoms with Gasteiger partial charge in [-0.15, -0.1) is 0 Å². The Hall–Kier alpha value is -2.42. The number of hydrogen-bond donors (Lipinski definition) is 1. The Labute approximate surface area is 97.8 Å². The molecule has 1 heterocycles. The monoisotopic (exact) mass is 223 g/mol. The van der Waals surface area contributed by atoms with Crippen molar-refractivity contribution in [3.8, 4) is 0 Å². The van der Waals surface area contributed by atoms with Crippen LogP contribution in [-0.4, -0.2) is 11.8 Å². The van der Waals surface area contributed by atoms with Crippen LogP contribution in [0.1, 0.15) is 5.56 Å². The van der Waals surface area contributed by atoms with Gasteiger partial charge in [0.1, 0.15) is 5.57 Å². The van der Waals surface area contributed by atoms with E-state index in [1.165, 1.54) is 0 Å². The lowest BCUT2D eigenvalue weighted by Crippen LogP contribution is -2.47. The molecule has 0 unspecified atom stereocenters. The maximum absolute atomic E-state index is 11.2. The van der Waals surface area contributed by atoms with Crippen LogP contribution >= 0.6 is 0 Å². The summed E-state index contributed by atoms with van der Waals surface area (Å²) in [5.41, 5.74) is 1.11. The fourth-order valence-corrected chi connectivity index (χ4v) is 1.94. The maximum Gasteiger partial charge on any atom is 0.263 e. The second-order valence-electron chi connectivity index (χ2n) is 3.91. The summed E-state index contributed by atoms with van der Waals surface area (Å²) in [7, 11) is 0. The molecule has 2 aromatic rings. The zero-order chi connectivity index (χ0) is 11.8. The third-order valence-corrected chi connectivity index (χ3v) is 2.84. The van der Waals surface area contributed by atoms with E-state index in [1.807, 2.05) is 42.5 Å². The Bertz CT molecular complexity index is 649. The molecule has 1 fully saturated rings. The number of carbonyl (C=O) groups is 2. The Balaban J connectivity index is 2.18. The molecular formula is C14H9NO2. The minimum absolute atomic E-state index is 0.223. The van der Waals surface area contributed by atoms with Crippen LogP contribution in [0.4, 0.5) is 0 Å². The number of hydrogen-bond acceptors (Lipinski definition) is 2. The number of fused-ring (bicyclic) bond motifs is 1. The van der Waals surface area contributed by atoms with Crippen molar-refractivity contribution >= 4 is 28.7 Å². The van der Waals surface area contributed by atoms with Gasteiger partial charge in [-0.3, -0.25) is 14.9 Å². The van der Waals surface area contributed by atoms with Gasteiger partial charge in [0.25, 0.3) is 11.8 Å². The standard InChI is InChI=1S/C14H9NO2/c16-13-12(14(17)15-13)8-10-6-3-5-9-4-1-2-7-11(9)10/h1-8H,(H,15,16,17). The van der Waals surface area contributed by atoms with E-state index in [-0.39, 0.29) is 17.4 Å². The fraction of sp³-hybridized carbons (Fsp3) is 0. The molecule has 1 N–H and O–H groups in total. The van der Waals surface area contributed by atoms with Crippen LogP contribution in [0, 0.1) is 0 Å². The summed E-state index contributed by atoms with van der Waals surface area (Å²) < 4.78 is 0. The Kier molecular flexibility index (Phi) is 2.05. The van der Waals surface area contributed by atoms with Crippen molar-refractivity contribution in [2.45, 2.75) is 0 Å². The van der Waals surface area contributed by atoms with Crippen LogP contribution < -0.4 is 5.32 Å². The summed E-state index contributed by atoms with van der Waals surface area (Å²) in [5.74, 6) is -0.606. The molecule has 17 heavy (non-hydrogen) atoms. The second kappa shape index (κ2) is 3.56. The van der Waals surface area contributed by atoms with E-state index in [9.17, 15) is 9.59 Å². The Morgan fingerprint density at radius 3 is 2.35 bits per heavy atom. The zero-order valence-electron chi connectivity index (χ0n) is 8.94. The van der Waals surface area contributed by atoms with Crippen LogP contribution in [0.2, 0.25) is 0 Å². The SMILES string of the molecule is O=C1NC(=O)C1=Cc1cccc2ccccc12. The quantitative estimate of drug-likeness (QED) is 0.456. The van der Waals surface area contributed by atoms with Gasteiger partial charge < -0.3 is 0 Å². The molecule has 1 saturated heterocycles. The van der Waals surface area contributed by atoms with Gasteiger partial charge in [-0.1, -0.05) is 42.5 Å². The topological polar surface area (TPSA) is 46.2 Å². The van der Waals surface area contributed by atoms with Crippen molar-refractivity contribution < 1.29 is 9.59 Å². The Morgan fingerprint density at radius 1 is 0.882 bits per heavy atom. The van der Waals surface area contributed by atoms with Crippen molar-refractivity contribution in [1.82, 2.24) is 5.32 Å². The number of imide groups is 1. The average Bonchev–Trinajstić information content (AvgIpc) is 2.36. The average molecular weight is 223 g/mol. The molecule has 82 valence electrons. The third kappa shape index (κ3) is 1.52. The van der Waals surface area contributed by atoms with Crippen molar-refractivity contribution in [1.29, 1.82) is 0 Å². The summed E-state index contributed by atoms with van der Waals surface area (Å²) in [4.78, 5) is 22.4. The van der Waals surface area contributed by atoms with E-state index in [2.05, 4.69) is 5.32 Å². The first kappa shape index (κ1) is 9.78. The second-order valence-corrected chi connectivity index (χ2v) is 3.91. The molecule has 0 spiro atoms. The van der Waals surface area contributed by atoms with Crippen LogP contribution in [-0.2, 0) is 9.59 Å². The minimum atomic E-state index is -0.303. The molecule has 3 nitrogen and oxygen atoms in total. The molecule has 2 amide bonds. The number of rotatable bonds is 1. The summed E-state index contributed by atoms with van der Waals surface area (Å²) in [6.45, 7) is 0. The van der Waals surface area contributed by atoms with Crippen LogP contribution in [0.3, 0.4) is 0 Å². The van der Waals surface area contributed by atoms with Crippen LogP contribution in [0.25, 0.3) is 16.8 Å². The highest BCUT2D eigenvalue weighted by Gasteiger charge is 2.30. The summed E-state index contributed by atoms with van der Waals surface area (Å²) in [6, 6.07) is 13.7. The number of benzene rings is 2. The first-order chi connectivity index (χ1) is 8.25. The molecule has 0 aromatic heterocycles. The lowest BCUT2D eigenvalue weighted by atomic mass is 10.00. The van der Waals surface area contributed by atoms with Crippen molar-refractivity contribution in [3.05, 3.63) is 53.6 Å². The van der Waals surface area contributed by atoms with Gasteiger partial charge in [0.05, 0.1) is 0 Å². The first-order valence-electron chi connectivity index (χ1n) is 5.31. The summed E-state index contributed by atoms with van der Waals surface area (Å²) in [5, 5.41) is 4.31. The van der Waals surface area contributed by atoms with E-state index in [0.717, 1.165) is 16.3 Å². The highest BCUT2D eigenvalue weighted by Crippen LogP contribution is 2.22. The van der Waals surface area contributed by atoms with Crippen molar-refractivity contribution in [2.75, 3.05) is 0 Å². The van der Waals surface area contributed by atoms with E-state index < -0.39 is 0 Å². The van der Waals surface area contributed by atoms with Crippen LogP contribution in [0.5, 0.6) is 0 Å². The lowest BCUT2D eigenvalue weighted by Gasteiger charge is -2.15. The molecule has 0 radical (unpaired) electrons. The van der Waals surface area contributed by atoms with E-state index in [0.29, 0.717) is 0 Å². The number of β-lactam (4-membered cyclic amide) rings is 2. The largest absolute Gasteiger partial charge is 0.288 e.